The highest BCUT2D eigenvalue weighted by Crippen LogP contribution is 2.51. The van der Waals surface area contributed by atoms with Crippen LogP contribution in [0.15, 0.2) is 170 Å². The van der Waals surface area contributed by atoms with Crippen molar-refractivity contribution in [1.29, 1.82) is 10.5 Å². The lowest BCUT2D eigenvalue weighted by molar-refractivity contribution is 0.584. The van der Waals surface area contributed by atoms with Gasteiger partial charge in [-0.25, -0.2) is 17.6 Å². The quantitative estimate of drug-likeness (QED) is 0.113. The molecule has 0 amide bonds. The van der Waals surface area contributed by atoms with Gasteiger partial charge in [0.15, 0.2) is 11.6 Å². The van der Waals surface area contributed by atoms with Crippen molar-refractivity contribution in [2.75, 3.05) is 9.80 Å². The van der Waals surface area contributed by atoms with Crippen LogP contribution >= 0.6 is 0 Å². The predicted octanol–water partition coefficient (Wildman–Crippen LogP) is 17.8. The molecule has 0 spiro atoms. The molecular formula is C62H46F4N4. The first-order valence-electron chi connectivity index (χ1n) is 23.0. The predicted molar refractivity (Wildman–Crippen MR) is 277 cm³/mol. The highest BCUT2D eigenvalue weighted by molar-refractivity contribution is 6.28. The summed E-state index contributed by atoms with van der Waals surface area (Å²) in [7, 11) is 0. The Labute approximate surface area is 404 Å². The van der Waals surface area contributed by atoms with E-state index in [1.807, 2.05) is 97.1 Å². The Hall–Kier alpha value is -8.46. The standard InChI is InChI=1S/C62H46F4N4/c1-61(2,3)43-11-7-9-41(29-43)51-31-45(63)33-53(65)59(51)69(47-21-13-37(35-67)14-22-47)55-27-19-39-18-26-50-56(28-20-40-17-25-49(55)57(39)58(40)50)70(48-23-15-38(36-68)16-24-48)60-52(32-46(64)34-54(60)66)42-10-8-12-44(30-42)62(4,5)6/h7-34H,1-6H3. The van der Waals surface area contributed by atoms with E-state index in [1.165, 1.54) is 12.1 Å². The molecule has 0 atom stereocenters. The molecule has 10 aromatic rings. The molecule has 0 N–H and O–H groups in total. The van der Waals surface area contributed by atoms with Crippen LogP contribution in [0.3, 0.4) is 0 Å². The molecule has 0 aliphatic heterocycles. The molecule has 0 bridgehead atoms. The van der Waals surface area contributed by atoms with Crippen LogP contribution in [-0.4, -0.2) is 0 Å². The lowest BCUT2D eigenvalue weighted by Gasteiger charge is -2.31. The summed E-state index contributed by atoms with van der Waals surface area (Å²) in [5.41, 5.74) is 6.73. The first kappa shape index (κ1) is 45.3. The van der Waals surface area contributed by atoms with Crippen molar-refractivity contribution in [1.82, 2.24) is 0 Å². The van der Waals surface area contributed by atoms with Gasteiger partial charge in [0, 0.05) is 45.4 Å². The average Bonchev–Trinajstić information content (AvgIpc) is 3.34. The molecule has 0 unspecified atom stereocenters. The van der Waals surface area contributed by atoms with Crippen molar-refractivity contribution in [2.45, 2.75) is 52.4 Å². The fraction of sp³-hybridized carbons (Fsp3) is 0.129. The second-order valence-electron chi connectivity index (χ2n) is 19.8. The van der Waals surface area contributed by atoms with Gasteiger partial charge in [0.1, 0.15) is 11.6 Å². The second kappa shape index (κ2) is 17.3. The summed E-state index contributed by atoms with van der Waals surface area (Å²) in [6.07, 6.45) is 0. The molecule has 0 saturated heterocycles. The van der Waals surface area contributed by atoms with Crippen molar-refractivity contribution >= 4 is 66.4 Å². The molecule has 0 aromatic heterocycles. The monoisotopic (exact) mass is 922 g/mol. The SMILES string of the molecule is CC(C)(C)c1cccc(-c2cc(F)cc(F)c2N(c2ccc(C#N)cc2)c2ccc3ccc4c(N(c5ccc(C#N)cc5)c5c(F)cc(F)cc5-c5cccc(C(C)(C)C)c5)ccc5ccc2c3c54)c1. The molecular weight excluding hydrogens is 877 g/mol. The second-order valence-corrected chi connectivity index (χ2v) is 19.8. The van der Waals surface area contributed by atoms with Crippen LogP contribution in [0.1, 0.15) is 63.8 Å². The Balaban J connectivity index is 1.26. The highest BCUT2D eigenvalue weighted by atomic mass is 19.1. The van der Waals surface area contributed by atoms with Crippen LogP contribution in [-0.2, 0) is 10.8 Å². The normalized spacial score (nSPS) is 11.8. The van der Waals surface area contributed by atoms with Crippen LogP contribution in [0.5, 0.6) is 0 Å². The van der Waals surface area contributed by atoms with Crippen LogP contribution in [0, 0.1) is 45.9 Å². The van der Waals surface area contributed by atoms with E-state index in [0.717, 1.165) is 55.6 Å². The first-order valence-corrected chi connectivity index (χ1v) is 23.0. The maximum atomic E-state index is 17.1. The molecule has 4 nitrogen and oxygen atoms in total. The smallest absolute Gasteiger partial charge is 0.150 e. The fourth-order valence-corrected chi connectivity index (χ4v) is 9.64. The van der Waals surface area contributed by atoms with E-state index in [4.69, 9.17) is 0 Å². The number of anilines is 6. The maximum Gasteiger partial charge on any atom is 0.150 e. The van der Waals surface area contributed by atoms with Crippen LogP contribution in [0.25, 0.3) is 54.6 Å². The van der Waals surface area contributed by atoms with Gasteiger partial charge in [0.2, 0.25) is 0 Å². The number of halogens is 4. The number of rotatable bonds is 8. The van der Waals surface area contributed by atoms with E-state index in [2.05, 4.69) is 53.7 Å². The van der Waals surface area contributed by atoms with Crippen molar-refractivity contribution in [3.63, 3.8) is 0 Å². The van der Waals surface area contributed by atoms with Crippen LogP contribution in [0.2, 0.25) is 0 Å². The highest BCUT2D eigenvalue weighted by Gasteiger charge is 2.29. The molecule has 10 rings (SSSR count). The number of nitriles is 2. The third-order valence-corrected chi connectivity index (χ3v) is 13.2. The molecule has 8 heteroatoms. The van der Waals surface area contributed by atoms with Crippen LogP contribution < -0.4 is 9.80 Å². The van der Waals surface area contributed by atoms with Gasteiger partial charge in [-0.15, -0.1) is 0 Å². The average molecular weight is 923 g/mol. The summed E-state index contributed by atoms with van der Waals surface area (Å²) in [5, 5.41) is 24.5. The summed E-state index contributed by atoms with van der Waals surface area (Å²) in [6.45, 7) is 12.5. The number of nitrogens with zero attached hydrogens (tertiary/aromatic N) is 4. The number of hydrogen-bond donors (Lipinski definition) is 0. The Kier molecular flexibility index (Phi) is 11.2. The first-order chi connectivity index (χ1) is 33.5. The van der Waals surface area contributed by atoms with Gasteiger partial charge in [-0.2, -0.15) is 10.5 Å². The fourth-order valence-electron chi connectivity index (χ4n) is 9.64. The van der Waals surface area contributed by atoms with Crippen molar-refractivity contribution < 1.29 is 17.6 Å². The Morgan fingerprint density at radius 1 is 0.414 bits per heavy atom. The summed E-state index contributed by atoms with van der Waals surface area (Å²) >= 11 is 0. The zero-order chi connectivity index (χ0) is 49.2. The summed E-state index contributed by atoms with van der Waals surface area (Å²) in [5.74, 6) is -3.02. The van der Waals surface area contributed by atoms with E-state index >= 15 is 17.6 Å². The van der Waals surface area contributed by atoms with Crippen LogP contribution in [0.4, 0.5) is 51.7 Å². The van der Waals surface area contributed by atoms with Crippen molar-refractivity contribution in [2.24, 2.45) is 0 Å². The summed E-state index contributed by atoms with van der Waals surface area (Å²) < 4.78 is 65.3. The minimum Gasteiger partial charge on any atom is -0.307 e. The molecule has 0 radical (unpaired) electrons. The lowest BCUT2D eigenvalue weighted by atomic mass is 9.85. The molecule has 0 fully saturated rings. The third kappa shape index (κ3) is 8.02. The van der Waals surface area contributed by atoms with E-state index in [1.54, 1.807) is 58.3 Å². The third-order valence-electron chi connectivity index (χ3n) is 13.2. The van der Waals surface area contributed by atoms with Gasteiger partial charge in [0.05, 0.1) is 46.0 Å². The largest absolute Gasteiger partial charge is 0.307 e. The molecule has 70 heavy (non-hydrogen) atoms. The maximum absolute atomic E-state index is 17.1. The Morgan fingerprint density at radius 3 is 1.14 bits per heavy atom. The molecule has 10 aromatic carbocycles. The van der Waals surface area contributed by atoms with E-state index in [-0.39, 0.29) is 22.2 Å². The minimum atomic E-state index is -0.781. The molecule has 0 heterocycles. The van der Waals surface area contributed by atoms with Gasteiger partial charge < -0.3 is 9.80 Å². The Morgan fingerprint density at radius 2 is 0.786 bits per heavy atom. The van der Waals surface area contributed by atoms with E-state index in [9.17, 15) is 10.5 Å². The molecule has 0 saturated carbocycles. The molecule has 0 aliphatic carbocycles. The van der Waals surface area contributed by atoms with E-state index < -0.39 is 23.3 Å². The van der Waals surface area contributed by atoms with Gasteiger partial charge >= 0.3 is 0 Å². The summed E-state index contributed by atoms with van der Waals surface area (Å²) in [4.78, 5) is 3.58. The van der Waals surface area contributed by atoms with Gasteiger partial charge in [-0.3, -0.25) is 0 Å². The van der Waals surface area contributed by atoms with Crippen molar-refractivity contribution in [3.05, 3.63) is 215 Å². The number of hydrogen-bond acceptors (Lipinski definition) is 4. The van der Waals surface area contributed by atoms with Gasteiger partial charge in [-0.05, 0) is 127 Å². The zero-order valence-electron chi connectivity index (χ0n) is 39.5. The molecule has 0 aliphatic rings. The number of benzene rings is 10. The topological polar surface area (TPSA) is 54.1 Å². The van der Waals surface area contributed by atoms with E-state index in [0.29, 0.717) is 56.1 Å². The zero-order valence-corrected chi connectivity index (χ0v) is 39.5. The lowest BCUT2D eigenvalue weighted by Crippen LogP contribution is -2.15. The minimum absolute atomic E-state index is 0.120. The Bertz CT molecular complexity index is 3510. The summed E-state index contributed by atoms with van der Waals surface area (Å²) in [6, 6.07) is 53.8. The van der Waals surface area contributed by atoms with Crippen molar-refractivity contribution in [3.8, 4) is 34.4 Å². The van der Waals surface area contributed by atoms with Gasteiger partial charge in [-0.1, -0.05) is 126 Å². The van der Waals surface area contributed by atoms with Gasteiger partial charge in [0.25, 0.3) is 0 Å². The molecule has 342 valence electrons.